The summed E-state index contributed by atoms with van der Waals surface area (Å²) in [6, 6.07) is 7.43. The van der Waals surface area contributed by atoms with Crippen molar-refractivity contribution in [3.8, 4) is 0 Å². The lowest BCUT2D eigenvalue weighted by Crippen LogP contribution is -2.31. The predicted molar refractivity (Wildman–Crippen MR) is 90.4 cm³/mol. The van der Waals surface area contributed by atoms with Crippen molar-refractivity contribution >= 4 is 33.5 Å². The zero-order chi connectivity index (χ0) is 17.3. The van der Waals surface area contributed by atoms with Gasteiger partial charge in [0.05, 0.1) is 11.4 Å². The van der Waals surface area contributed by atoms with Crippen molar-refractivity contribution in [3.05, 3.63) is 46.1 Å². The number of rotatable bonds is 4. The summed E-state index contributed by atoms with van der Waals surface area (Å²) in [6.07, 6.45) is 0.433. The van der Waals surface area contributed by atoms with Crippen LogP contribution in [-0.4, -0.2) is 23.4 Å². The average molecular weight is 393 g/mol. The van der Waals surface area contributed by atoms with Crippen LogP contribution in [0.4, 0.5) is 5.69 Å². The number of para-hydroxylation sites is 1. The fourth-order valence-corrected chi connectivity index (χ4v) is 3.14. The molecule has 1 amide bonds. The van der Waals surface area contributed by atoms with Gasteiger partial charge in [-0.05, 0) is 48.3 Å². The SMILES string of the molecule is Cc1nc(COC(=O)[C@@H]2CCN(c3ccccc3Br)C2=O)oc1C. The summed E-state index contributed by atoms with van der Waals surface area (Å²) in [5, 5.41) is 0. The fourth-order valence-electron chi connectivity index (χ4n) is 2.64. The molecule has 1 aliphatic heterocycles. The Kier molecular flexibility index (Phi) is 4.71. The van der Waals surface area contributed by atoms with E-state index in [1.165, 1.54) is 0 Å². The first-order valence-electron chi connectivity index (χ1n) is 7.63. The topological polar surface area (TPSA) is 72.6 Å². The molecule has 0 bridgehead atoms. The number of nitrogens with zero attached hydrogens (tertiary/aromatic N) is 2. The Bertz CT molecular complexity index is 767. The van der Waals surface area contributed by atoms with Gasteiger partial charge >= 0.3 is 5.97 Å². The van der Waals surface area contributed by atoms with E-state index in [1.807, 2.05) is 31.2 Å². The van der Waals surface area contributed by atoms with Crippen molar-refractivity contribution < 1.29 is 18.7 Å². The van der Waals surface area contributed by atoms with Crippen LogP contribution in [-0.2, 0) is 20.9 Å². The number of amides is 1. The highest BCUT2D eigenvalue weighted by Gasteiger charge is 2.39. The number of aromatic nitrogens is 1. The summed E-state index contributed by atoms with van der Waals surface area (Å²) in [4.78, 5) is 30.5. The molecular formula is C17H17BrN2O4. The van der Waals surface area contributed by atoms with Gasteiger partial charge in [-0.1, -0.05) is 12.1 Å². The maximum atomic E-state index is 12.5. The summed E-state index contributed by atoms with van der Waals surface area (Å²) < 4.78 is 11.4. The lowest BCUT2D eigenvalue weighted by atomic mass is 10.1. The van der Waals surface area contributed by atoms with Gasteiger partial charge in [0.15, 0.2) is 6.61 Å². The minimum atomic E-state index is -0.783. The van der Waals surface area contributed by atoms with E-state index in [0.29, 0.717) is 24.6 Å². The van der Waals surface area contributed by atoms with Crippen molar-refractivity contribution in [2.75, 3.05) is 11.4 Å². The molecule has 1 aromatic carbocycles. The number of ether oxygens (including phenoxy) is 1. The van der Waals surface area contributed by atoms with Gasteiger partial charge < -0.3 is 14.1 Å². The molecule has 0 aliphatic carbocycles. The maximum absolute atomic E-state index is 12.5. The third-order valence-corrected chi connectivity index (χ3v) is 4.71. The predicted octanol–water partition coefficient (Wildman–Crippen LogP) is 3.15. The molecule has 1 fully saturated rings. The molecule has 1 saturated heterocycles. The van der Waals surface area contributed by atoms with Crippen LogP contribution in [0, 0.1) is 19.8 Å². The van der Waals surface area contributed by atoms with Gasteiger partial charge in [-0.3, -0.25) is 9.59 Å². The molecule has 0 unspecified atom stereocenters. The van der Waals surface area contributed by atoms with E-state index in [9.17, 15) is 9.59 Å². The van der Waals surface area contributed by atoms with Crippen LogP contribution in [0.5, 0.6) is 0 Å². The Morgan fingerprint density at radius 1 is 1.42 bits per heavy atom. The summed E-state index contributed by atoms with van der Waals surface area (Å²) in [5.41, 5.74) is 1.52. The van der Waals surface area contributed by atoms with E-state index >= 15 is 0 Å². The summed E-state index contributed by atoms with van der Waals surface area (Å²) in [6.45, 7) is 4.04. The number of halogens is 1. The molecule has 1 aliphatic rings. The first-order chi connectivity index (χ1) is 11.5. The number of carbonyl (C=O) groups is 2. The van der Waals surface area contributed by atoms with Gasteiger partial charge in [0.2, 0.25) is 11.8 Å². The van der Waals surface area contributed by atoms with Gasteiger partial charge in [-0.25, -0.2) is 4.98 Å². The molecule has 0 spiro atoms. The number of anilines is 1. The van der Waals surface area contributed by atoms with E-state index in [0.717, 1.165) is 15.9 Å². The highest BCUT2D eigenvalue weighted by Crippen LogP contribution is 2.31. The minimum absolute atomic E-state index is 0.0632. The first-order valence-corrected chi connectivity index (χ1v) is 8.42. The van der Waals surface area contributed by atoms with Crippen molar-refractivity contribution in [3.63, 3.8) is 0 Å². The number of aryl methyl sites for hydroxylation is 2. The zero-order valence-electron chi connectivity index (χ0n) is 13.4. The van der Waals surface area contributed by atoms with Crippen LogP contribution < -0.4 is 4.90 Å². The van der Waals surface area contributed by atoms with Crippen LogP contribution in [0.15, 0.2) is 33.2 Å². The Morgan fingerprint density at radius 3 is 2.83 bits per heavy atom. The molecule has 3 rings (SSSR count). The van der Waals surface area contributed by atoms with Crippen molar-refractivity contribution in [1.82, 2.24) is 4.98 Å². The summed E-state index contributed by atoms with van der Waals surface area (Å²) >= 11 is 3.43. The van der Waals surface area contributed by atoms with Crippen molar-refractivity contribution in [2.45, 2.75) is 26.9 Å². The molecule has 0 saturated carbocycles. The number of benzene rings is 1. The molecule has 0 N–H and O–H groups in total. The van der Waals surface area contributed by atoms with Crippen LogP contribution in [0.2, 0.25) is 0 Å². The van der Waals surface area contributed by atoms with Gasteiger partial charge in [0.1, 0.15) is 11.7 Å². The standard InChI is InChI=1S/C17H17BrN2O4/c1-10-11(2)24-15(19-10)9-23-17(22)12-7-8-20(16(12)21)14-6-4-3-5-13(14)18/h3-6,12H,7-9H2,1-2H3/t12-/m1/s1. The molecule has 1 atom stereocenters. The van der Waals surface area contributed by atoms with Gasteiger partial charge in [0.25, 0.3) is 0 Å². The van der Waals surface area contributed by atoms with Gasteiger partial charge in [-0.2, -0.15) is 0 Å². The van der Waals surface area contributed by atoms with Crippen LogP contribution in [0.1, 0.15) is 23.8 Å². The van der Waals surface area contributed by atoms with E-state index in [2.05, 4.69) is 20.9 Å². The van der Waals surface area contributed by atoms with Crippen molar-refractivity contribution in [1.29, 1.82) is 0 Å². The number of carbonyl (C=O) groups excluding carboxylic acids is 2. The number of oxazole rings is 1. The second kappa shape index (κ2) is 6.76. The first kappa shape index (κ1) is 16.7. The largest absolute Gasteiger partial charge is 0.455 e. The highest BCUT2D eigenvalue weighted by molar-refractivity contribution is 9.10. The lowest BCUT2D eigenvalue weighted by Gasteiger charge is -2.18. The summed E-state index contributed by atoms with van der Waals surface area (Å²) in [7, 11) is 0. The van der Waals surface area contributed by atoms with E-state index < -0.39 is 11.9 Å². The van der Waals surface area contributed by atoms with Crippen LogP contribution in [0.3, 0.4) is 0 Å². The Labute approximate surface area is 147 Å². The Morgan fingerprint density at radius 2 is 2.17 bits per heavy atom. The van der Waals surface area contributed by atoms with E-state index in [1.54, 1.807) is 11.8 Å². The molecule has 126 valence electrons. The monoisotopic (exact) mass is 392 g/mol. The number of hydrogen-bond acceptors (Lipinski definition) is 5. The molecule has 0 radical (unpaired) electrons. The average Bonchev–Trinajstić information content (AvgIpc) is 3.08. The summed E-state index contributed by atoms with van der Waals surface area (Å²) in [5.74, 6) is -0.534. The minimum Gasteiger partial charge on any atom is -0.455 e. The normalized spacial score (nSPS) is 17.4. The highest BCUT2D eigenvalue weighted by atomic mass is 79.9. The fraction of sp³-hybridized carbons (Fsp3) is 0.353. The lowest BCUT2D eigenvalue weighted by molar-refractivity contribution is -0.152. The maximum Gasteiger partial charge on any atom is 0.319 e. The smallest absolute Gasteiger partial charge is 0.319 e. The molecule has 2 heterocycles. The Balaban J connectivity index is 1.64. The molecule has 6 nitrogen and oxygen atoms in total. The van der Waals surface area contributed by atoms with Gasteiger partial charge in [-0.15, -0.1) is 0 Å². The molecular weight excluding hydrogens is 376 g/mol. The number of esters is 1. The zero-order valence-corrected chi connectivity index (χ0v) is 15.0. The molecule has 7 heteroatoms. The quantitative estimate of drug-likeness (QED) is 0.590. The van der Waals surface area contributed by atoms with Crippen LogP contribution >= 0.6 is 15.9 Å². The third kappa shape index (κ3) is 3.21. The molecule has 1 aromatic heterocycles. The number of hydrogen-bond donors (Lipinski definition) is 0. The van der Waals surface area contributed by atoms with Crippen LogP contribution in [0.25, 0.3) is 0 Å². The molecule has 2 aromatic rings. The van der Waals surface area contributed by atoms with E-state index in [4.69, 9.17) is 9.15 Å². The second-order valence-electron chi connectivity index (χ2n) is 5.64. The third-order valence-electron chi connectivity index (χ3n) is 4.04. The Hall–Kier alpha value is -2.15. The molecule has 24 heavy (non-hydrogen) atoms. The van der Waals surface area contributed by atoms with Gasteiger partial charge in [0, 0.05) is 11.0 Å². The van der Waals surface area contributed by atoms with Crippen molar-refractivity contribution in [2.24, 2.45) is 5.92 Å². The van der Waals surface area contributed by atoms with E-state index in [-0.39, 0.29) is 12.5 Å². The second-order valence-corrected chi connectivity index (χ2v) is 6.49.